The van der Waals surface area contributed by atoms with Gasteiger partial charge in [-0.15, -0.1) is 0 Å². The summed E-state index contributed by atoms with van der Waals surface area (Å²) in [4.78, 5) is 0. The molecule has 2 atom stereocenters. The van der Waals surface area contributed by atoms with Crippen molar-refractivity contribution in [1.29, 1.82) is 0 Å². The summed E-state index contributed by atoms with van der Waals surface area (Å²) < 4.78 is 31.5. The molecule has 4 aromatic rings. The van der Waals surface area contributed by atoms with Gasteiger partial charge in [0.2, 0.25) is 0 Å². The molecule has 0 radical (unpaired) electrons. The number of nitrogens with zero attached hydrogens (tertiary/aromatic N) is 1. The van der Waals surface area contributed by atoms with Gasteiger partial charge in [0, 0.05) is 12.6 Å². The first-order valence-corrected chi connectivity index (χ1v) is 16.0. The Morgan fingerprint density at radius 2 is 0.905 bits per heavy atom. The molecule has 218 valence electrons. The Morgan fingerprint density at radius 1 is 0.595 bits per heavy atom. The topological polar surface area (TPSA) is 40.2 Å². The van der Waals surface area contributed by atoms with E-state index in [0.717, 1.165) is 28.8 Å². The predicted octanol–water partition coefficient (Wildman–Crippen LogP) is 8.40. The van der Waals surface area contributed by atoms with Crippen LogP contribution in [0.1, 0.15) is 56.9 Å². The Labute approximate surface area is 251 Å². The van der Waals surface area contributed by atoms with Crippen molar-refractivity contribution in [1.82, 2.24) is 4.67 Å². The van der Waals surface area contributed by atoms with E-state index in [0.29, 0.717) is 0 Å². The summed E-state index contributed by atoms with van der Waals surface area (Å²) in [5, 5.41) is 0. The van der Waals surface area contributed by atoms with Crippen LogP contribution in [0.15, 0.2) is 121 Å². The maximum Gasteiger partial charge on any atom is 0.261 e. The van der Waals surface area contributed by atoms with Gasteiger partial charge < -0.3 is 18.5 Å². The lowest BCUT2D eigenvalue weighted by atomic mass is 9.72. The Bertz CT molecular complexity index is 1270. The van der Waals surface area contributed by atoms with Crippen LogP contribution in [0.3, 0.4) is 0 Å². The lowest BCUT2D eigenvalue weighted by Gasteiger charge is -2.42. The maximum atomic E-state index is 7.55. The van der Waals surface area contributed by atoms with Crippen molar-refractivity contribution < 1.29 is 18.5 Å². The third-order valence-corrected chi connectivity index (χ3v) is 10.3. The summed E-state index contributed by atoms with van der Waals surface area (Å²) >= 11 is 0. The molecule has 5 nitrogen and oxygen atoms in total. The van der Waals surface area contributed by atoms with Gasteiger partial charge in [-0.2, -0.15) is 0 Å². The number of hydrogen-bond donors (Lipinski definition) is 0. The number of rotatable bonds is 7. The minimum atomic E-state index is -1.65. The monoisotopic (exact) mass is 581 g/mol. The first-order valence-electron chi connectivity index (χ1n) is 14.8. The molecule has 0 saturated carbocycles. The molecule has 2 saturated heterocycles. The van der Waals surface area contributed by atoms with Crippen molar-refractivity contribution >= 4 is 8.53 Å². The zero-order valence-corrected chi connectivity index (χ0v) is 25.9. The van der Waals surface area contributed by atoms with Crippen LogP contribution in [0, 0.1) is 0 Å². The van der Waals surface area contributed by atoms with E-state index in [9.17, 15) is 0 Å². The van der Waals surface area contributed by atoms with Crippen LogP contribution in [-0.2, 0) is 29.7 Å². The second-order valence-corrected chi connectivity index (χ2v) is 13.0. The molecule has 2 aliphatic heterocycles. The summed E-state index contributed by atoms with van der Waals surface area (Å²) in [6.45, 7) is 11.3. The molecular weight excluding hydrogens is 541 g/mol. The van der Waals surface area contributed by atoms with Gasteiger partial charge in [0.25, 0.3) is 8.53 Å². The molecule has 0 N–H and O–H groups in total. The van der Waals surface area contributed by atoms with Gasteiger partial charge in [-0.25, -0.2) is 4.67 Å². The van der Waals surface area contributed by atoms with E-state index in [1.165, 1.54) is 0 Å². The molecular formula is C36H40NO4P. The van der Waals surface area contributed by atoms with Crippen molar-refractivity contribution in [2.45, 2.75) is 69.9 Å². The first-order chi connectivity index (χ1) is 20.3. The third-order valence-electron chi connectivity index (χ3n) is 8.28. The number of ether oxygens (including phenoxy) is 2. The van der Waals surface area contributed by atoms with Gasteiger partial charge in [-0.05, 0) is 49.9 Å². The van der Waals surface area contributed by atoms with Crippen molar-refractivity contribution in [2.75, 3.05) is 6.54 Å². The molecule has 0 amide bonds. The normalized spacial score (nSPS) is 23.0. The molecule has 2 fully saturated rings. The third kappa shape index (κ3) is 4.93. The fraction of sp³-hybridized carbons (Fsp3) is 0.333. The van der Waals surface area contributed by atoms with Crippen molar-refractivity contribution in [2.24, 2.45) is 0 Å². The summed E-state index contributed by atoms with van der Waals surface area (Å²) in [5.74, 6) is -0.895. The highest BCUT2D eigenvalue weighted by molar-refractivity contribution is 7.44. The minimum absolute atomic E-state index is 0.172. The van der Waals surface area contributed by atoms with Gasteiger partial charge in [-0.1, -0.05) is 128 Å². The average molecular weight is 582 g/mol. The highest BCUT2D eigenvalue weighted by Crippen LogP contribution is 2.65. The van der Waals surface area contributed by atoms with Crippen molar-refractivity contribution in [3.8, 4) is 0 Å². The summed E-state index contributed by atoms with van der Waals surface area (Å²) in [7, 11) is -1.65. The van der Waals surface area contributed by atoms with Crippen LogP contribution in [-0.4, -0.2) is 35.3 Å². The lowest BCUT2D eigenvalue weighted by Crippen LogP contribution is -2.53. The zero-order valence-electron chi connectivity index (χ0n) is 25.0. The fourth-order valence-electron chi connectivity index (χ4n) is 6.44. The van der Waals surface area contributed by atoms with Crippen LogP contribution in [0.25, 0.3) is 0 Å². The summed E-state index contributed by atoms with van der Waals surface area (Å²) in [6.07, 6.45) is -1.12. The van der Waals surface area contributed by atoms with E-state index in [1.54, 1.807) is 0 Å². The van der Waals surface area contributed by atoms with Gasteiger partial charge in [-0.3, -0.25) is 0 Å². The molecule has 2 heterocycles. The second-order valence-electron chi connectivity index (χ2n) is 11.7. The SMILES string of the molecule is CCN(C(C)C)P1OC(c2ccccc2)(c2ccccc2)[C@@H]2OC(C)(C)O[C@H]2C(c2ccccc2)(c2ccccc2)O1. The highest BCUT2D eigenvalue weighted by Gasteiger charge is 2.67. The molecule has 4 aromatic carbocycles. The quantitative estimate of drug-likeness (QED) is 0.205. The van der Waals surface area contributed by atoms with Crippen LogP contribution in [0.2, 0.25) is 0 Å². The van der Waals surface area contributed by atoms with E-state index in [1.807, 2.05) is 38.1 Å². The van der Waals surface area contributed by atoms with Gasteiger partial charge in [0.05, 0.1) is 0 Å². The predicted molar refractivity (Wildman–Crippen MR) is 168 cm³/mol. The summed E-state index contributed by atoms with van der Waals surface area (Å²) in [5.41, 5.74) is 1.95. The van der Waals surface area contributed by atoms with E-state index in [-0.39, 0.29) is 6.04 Å². The molecule has 0 unspecified atom stereocenters. The average Bonchev–Trinajstić information content (AvgIpc) is 3.30. The largest absolute Gasteiger partial charge is 0.341 e. The molecule has 6 rings (SSSR count). The number of fused-ring (bicyclic) bond motifs is 1. The maximum absolute atomic E-state index is 7.55. The number of hydrogen-bond acceptors (Lipinski definition) is 5. The molecule has 0 aliphatic carbocycles. The Morgan fingerprint density at radius 3 is 1.17 bits per heavy atom. The fourth-order valence-corrected chi connectivity index (χ4v) is 8.42. The van der Waals surface area contributed by atoms with Crippen molar-refractivity contribution in [3.05, 3.63) is 144 Å². The molecule has 0 bridgehead atoms. The zero-order chi connectivity index (χ0) is 29.4. The van der Waals surface area contributed by atoms with Gasteiger partial charge >= 0.3 is 0 Å². The van der Waals surface area contributed by atoms with E-state index in [4.69, 9.17) is 18.5 Å². The van der Waals surface area contributed by atoms with Gasteiger partial charge in [0.1, 0.15) is 12.2 Å². The number of benzene rings is 4. The summed E-state index contributed by atoms with van der Waals surface area (Å²) in [6, 6.07) is 41.9. The standard InChI is InChI=1S/C36H40NO4P/c1-6-37(27(2)3)42-40-35(28-19-11-7-12-20-28,29-21-13-8-14-22-29)32-33(39-34(4,5)38-32)36(41-42,30-23-15-9-16-24-30)31-25-17-10-18-26-31/h7-27,32-33H,6H2,1-5H3/t32-,33-/m1/s1. The molecule has 0 spiro atoms. The van der Waals surface area contributed by atoms with E-state index >= 15 is 0 Å². The van der Waals surface area contributed by atoms with E-state index in [2.05, 4.69) is 123 Å². The smallest absolute Gasteiger partial charge is 0.261 e. The highest BCUT2D eigenvalue weighted by atomic mass is 31.2. The minimum Gasteiger partial charge on any atom is -0.341 e. The van der Waals surface area contributed by atoms with E-state index < -0.39 is 37.7 Å². The Kier molecular flexibility index (Phi) is 8.10. The van der Waals surface area contributed by atoms with Crippen molar-refractivity contribution in [3.63, 3.8) is 0 Å². The first kappa shape index (κ1) is 29.2. The van der Waals surface area contributed by atoms with Gasteiger partial charge in [0.15, 0.2) is 17.0 Å². The van der Waals surface area contributed by atoms with Crippen LogP contribution < -0.4 is 0 Å². The van der Waals surface area contributed by atoms with Crippen LogP contribution >= 0.6 is 8.53 Å². The molecule has 6 heteroatoms. The molecule has 42 heavy (non-hydrogen) atoms. The Hall–Kier alpha value is -2.89. The Balaban J connectivity index is 1.73. The van der Waals surface area contributed by atoms with Crippen LogP contribution in [0.4, 0.5) is 0 Å². The molecule has 2 aliphatic rings. The van der Waals surface area contributed by atoms with Crippen LogP contribution in [0.5, 0.6) is 0 Å². The molecule has 0 aromatic heterocycles. The second kappa shape index (κ2) is 11.7. The lowest BCUT2D eigenvalue weighted by molar-refractivity contribution is -0.175.